The van der Waals surface area contributed by atoms with Gasteiger partial charge in [-0.3, -0.25) is 14.7 Å². The zero-order chi connectivity index (χ0) is 16.2. The van der Waals surface area contributed by atoms with E-state index in [1.165, 1.54) is 17.8 Å². The fourth-order valence-corrected chi connectivity index (χ4v) is 3.93. The number of halogens is 2. The average molecular weight is 440 g/mol. The second-order valence-electron chi connectivity index (χ2n) is 4.98. The molecule has 0 aromatic heterocycles. The molecule has 0 aliphatic carbocycles. The maximum atomic E-state index is 13.7. The lowest BCUT2D eigenvalue weighted by Gasteiger charge is -2.18. The molecule has 2 aromatic carbocycles. The quantitative estimate of drug-likeness (QED) is 0.672. The minimum Gasteiger partial charge on any atom is -0.286 e. The molecule has 1 heterocycles. The minimum absolute atomic E-state index is 0.0488. The molecule has 0 radical (unpaired) electrons. The van der Waals surface area contributed by atoms with E-state index >= 15 is 0 Å². The Labute approximate surface area is 152 Å². The summed E-state index contributed by atoms with van der Waals surface area (Å²) in [5.41, 5.74) is 1.29. The Morgan fingerprint density at radius 1 is 1.22 bits per heavy atom. The van der Waals surface area contributed by atoms with Crippen LogP contribution in [0.25, 0.3) is 0 Å². The molecule has 3 rings (SSSR count). The molecule has 0 atom stereocenters. The van der Waals surface area contributed by atoms with E-state index in [9.17, 15) is 9.18 Å². The van der Waals surface area contributed by atoms with Gasteiger partial charge in [-0.2, -0.15) is 0 Å². The molecule has 0 fully saturated rings. The molecule has 0 spiro atoms. The Balaban J connectivity index is 1.72. The normalized spacial score (nSPS) is 14.0. The maximum Gasteiger partial charge on any atom is 0.260 e. The van der Waals surface area contributed by atoms with Crippen molar-refractivity contribution in [3.8, 4) is 0 Å². The number of hydrogen-bond donors (Lipinski definition) is 0. The van der Waals surface area contributed by atoms with Crippen molar-refractivity contribution in [3.05, 3.63) is 69.0 Å². The van der Waals surface area contributed by atoms with E-state index in [2.05, 4.69) is 27.6 Å². The van der Waals surface area contributed by atoms with Crippen LogP contribution in [0.15, 0.2) is 53.5 Å². The van der Waals surface area contributed by atoms with Gasteiger partial charge in [-0.25, -0.2) is 4.39 Å². The van der Waals surface area contributed by atoms with Gasteiger partial charge >= 0.3 is 0 Å². The highest BCUT2D eigenvalue weighted by Gasteiger charge is 2.26. The lowest BCUT2D eigenvalue weighted by Crippen LogP contribution is -2.33. The second kappa shape index (κ2) is 7.44. The monoisotopic (exact) mass is 440 g/mol. The van der Waals surface area contributed by atoms with Crippen molar-refractivity contribution >= 4 is 45.4 Å². The summed E-state index contributed by atoms with van der Waals surface area (Å²) in [4.78, 5) is 18.8. The van der Waals surface area contributed by atoms with Gasteiger partial charge < -0.3 is 0 Å². The third kappa shape index (κ3) is 3.74. The Hall–Kier alpha value is -1.41. The summed E-state index contributed by atoms with van der Waals surface area (Å²) in [5, 5.41) is 0.665. The van der Waals surface area contributed by atoms with Crippen LogP contribution in [0.5, 0.6) is 0 Å². The molecule has 0 unspecified atom stereocenters. The first kappa shape index (κ1) is 16.4. The smallest absolute Gasteiger partial charge is 0.260 e. The lowest BCUT2D eigenvalue weighted by atomic mass is 10.2. The number of aliphatic imine (C=N–C) groups is 1. The molecule has 0 bridgehead atoms. The van der Waals surface area contributed by atoms with Crippen molar-refractivity contribution in [2.45, 2.75) is 5.75 Å². The Bertz CT molecular complexity index is 766. The first-order valence-electron chi connectivity index (χ1n) is 7.14. The van der Waals surface area contributed by atoms with Crippen LogP contribution < -0.4 is 0 Å². The average Bonchev–Trinajstić information content (AvgIpc) is 3.02. The zero-order valence-electron chi connectivity index (χ0n) is 12.2. The molecule has 23 heavy (non-hydrogen) atoms. The summed E-state index contributed by atoms with van der Waals surface area (Å²) in [6.07, 6.45) is 0. The van der Waals surface area contributed by atoms with Gasteiger partial charge in [0.25, 0.3) is 5.91 Å². The predicted molar refractivity (Wildman–Crippen MR) is 100 cm³/mol. The molecular weight excluding hydrogens is 426 g/mol. The van der Waals surface area contributed by atoms with Gasteiger partial charge in [0.15, 0.2) is 5.17 Å². The van der Waals surface area contributed by atoms with Gasteiger partial charge in [0.1, 0.15) is 5.82 Å². The summed E-state index contributed by atoms with van der Waals surface area (Å²) in [5.74, 6) is 0.183. The SMILES string of the molecule is O=C(c1ccccc1I)N1CCN=C1SCc1ccccc1F. The summed E-state index contributed by atoms with van der Waals surface area (Å²) in [6, 6.07) is 14.2. The molecule has 118 valence electrons. The summed E-state index contributed by atoms with van der Waals surface area (Å²) < 4.78 is 14.6. The van der Waals surface area contributed by atoms with Crippen LogP contribution in [0.3, 0.4) is 0 Å². The van der Waals surface area contributed by atoms with E-state index < -0.39 is 0 Å². The van der Waals surface area contributed by atoms with Crippen molar-refractivity contribution in [3.63, 3.8) is 0 Å². The Morgan fingerprint density at radius 3 is 2.74 bits per heavy atom. The molecule has 1 aliphatic heterocycles. The second-order valence-corrected chi connectivity index (χ2v) is 7.09. The molecule has 0 saturated carbocycles. The molecule has 6 heteroatoms. The number of benzene rings is 2. The van der Waals surface area contributed by atoms with E-state index in [0.717, 1.165) is 3.57 Å². The number of hydrogen-bond acceptors (Lipinski definition) is 3. The summed E-state index contributed by atoms with van der Waals surface area (Å²) in [6.45, 7) is 1.16. The fourth-order valence-electron chi connectivity index (χ4n) is 2.28. The van der Waals surface area contributed by atoms with Crippen LogP contribution in [0.1, 0.15) is 15.9 Å². The van der Waals surface area contributed by atoms with Gasteiger partial charge in [0.05, 0.1) is 12.1 Å². The van der Waals surface area contributed by atoms with Crippen molar-refractivity contribution in [2.75, 3.05) is 13.1 Å². The zero-order valence-corrected chi connectivity index (χ0v) is 15.2. The van der Waals surface area contributed by atoms with E-state index in [4.69, 9.17) is 0 Å². The van der Waals surface area contributed by atoms with Crippen LogP contribution in [0.4, 0.5) is 4.39 Å². The number of amides is 1. The highest BCUT2D eigenvalue weighted by atomic mass is 127. The van der Waals surface area contributed by atoms with Crippen LogP contribution in [0.2, 0.25) is 0 Å². The standard InChI is InChI=1S/C17H14FIN2OS/c18-14-7-3-1-5-12(14)11-23-17-20-9-10-21(17)16(22)13-6-2-4-8-15(13)19/h1-8H,9-11H2. The molecule has 0 N–H and O–H groups in total. The van der Waals surface area contributed by atoms with Gasteiger partial charge in [-0.15, -0.1) is 0 Å². The van der Waals surface area contributed by atoms with Crippen LogP contribution in [-0.4, -0.2) is 29.1 Å². The number of amidine groups is 1. The summed E-state index contributed by atoms with van der Waals surface area (Å²) >= 11 is 3.56. The van der Waals surface area contributed by atoms with Gasteiger partial charge in [-0.1, -0.05) is 42.1 Å². The number of rotatable bonds is 3. The molecule has 1 aliphatic rings. The fraction of sp³-hybridized carbons (Fsp3) is 0.176. The highest BCUT2D eigenvalue weighted by Crippen LogP contribution is 2.23. The summed E-state index contributed by atoms with van der Waals surface area (Å²) in [7, 11) is 0. The maximum absolute atomic E-state index is 13.7. The number of carbonyl (C=O) groups excluding carboxylic acids is 1. The minimum atomic E-state index is -0.228. The van der Waals surface area contributed by atoms with Gasteiger partial charge in [0.2, 0.25) is 0 Å². The van der Waals surface area contributed by atoms with Crippen LogP contribution in [0, 0.1) is 9.39 Å². The molecule has 0 saturated heterocycles. The largest absolute Gasteiger partial charge is 0.286 e. The number of thioether (sulfide) groups is 1. The van der Waals surface area contributed by atoms with Gasteiger partial charge in [0, 0.05) is 15.9 Å². The van der Waals surface area contributed by atoms with Gasteiger partial charge in [-0.05, 0) is 46.4 Å². The number of carbonyl (C=O) groups is 1. The van der Waals surface area contributed by atoms with E-state index in [-0.39, 0.29) is 11.7 Å². The Morgan fingerprint density at radius 2 is 1.96 bits per heavy atom. The van der Waals surface area contributed by atoms with Crippen LogP contribution >= 0.6 is 34.4 Å². The molecular formula is C17H14FIN2OS. The molecule has 1 amide bonds. The molecule has 2 aromatic rings. The van der Waals surface area contributed by atoms with E-state index in [0.29, 0.717) is 35.1 Å². The highest BCUT2D eigenvalue weighted by molar-refractivity contribution is 14.1. The predicted octanol–water partition coefficient (Wildman–Crippen LogP) is 4.18. The first-order chi connectivity index (χ1) is 11.2. The van der Waals surface area contributed by atoms with Crippen molar-refractivity contribution in [1.29, 1.82) is 0 Å². The van der Waals surface area contributed by atoms with Crippen LogP contribution in [-0.2, 0) is 5.75 Å². The van der Waals surface area contributed by atoms with E-state index in [1.807, 2.05) is 30.3 Å². The molecule has 3 nitrogen and oxygen atoms in total. The Kier molecular flexibility index (Phi) is 5.32. The third-order valence-electron chi connectivity index (χ3n) is 3.47. The first-order valence-corrected chi connectivity index (χ1v) is 9.20. The lowest BCUT2D eigenvalue weighted by molar-refractivity contribution is 0.0859. The van der Waals surface area contributed by atoms with Crippen molar-refractivity contribution < 1.29 is 9.18 Å². The van der Waals surface area contributed by atoms with E-state index in [1.54, 1.807) is 17.0 Å². The topological polar surface area (TPSA) is 32.7 Å². The van der Waals surface area contributed by atoms with Crippen molar-refractivity contribution in [1.82, 2.24) is 4.90 Å². The third-order valence-corrected chi connectivity index (χ3v) is 5.47. The number of nitrogens with zero attached hydrogens (tertiary/aromatic N) is 2. The van der Waals surface area contributed by atoms with Crippen molar-refractivity contribution in [2.24, 2.45) is 4.99 Å².